The first-order valence-electron chi connectivity index (χ1n) is 19.1. The molecular weight excluding hydrogens is 669 g/mol. The lowest BCUT2D eigenvalue weighted by Crippen LogP contribution is -2.58. The third kappa shape index (κ3) is 10.4. The van der Waals surface area contributed by atoms with Crippen molar-refractivity contribution in [2.75, 3.05) is 6.61 Å². The van der Waals surface area contributed by atoms with E-state index in [2.05, 4.69) is 104 Å². The van der Waals surface area contributed by atoms with Crippen molar-refractivity contribution in [3.05, 3.63) is 214 Å². The molecule has 276 valence electrons. The minimum absolute atomic E-state index is 0.324. The monoisotopic (exact) mass is 718 g/mol. The van der Waals surface area contributed by atoms with Crippen LogP contribution in [0.1, 0.15) is 57.5 Å². The number of rotatable bonds is 17. The molecule has 0 saturated carbocycles. The van der Waals surface area contributed by atoms with Gasteiger partial charge < -0.3 is 23.7 Å². The van der Waals surface area contributed by atoms with Gasteiger partial charge in [-0.3, -0.25) is 0 Å². The Balaban J connectivity index is 1.24. The summed E-state index contributed by atoms with van der Waals surface area (Å²) < 4.78 is 34.4. The van der Waals surface area contributed by atoms with Gasteiger partial charge in [0, 0.05) is 0 Å². The molecule has 0 radical (unpaired) electrons. The van der Waals surface area contributed by atoms with Gasteiger partial charge in [-0.05, 0) is 57.3 Å². The van der Waals surface area contributed by atoms with Crippen LogP contribution in [0.15, 0.2) is 170 Å². The summed E-state index contributed by atoms with van der Waals surface area (Å²) in [5.74, 6) is 0. The minimum Gasteiger partial charge on any atom is -0.374 e. The molecule has 0 aromatic heterocycles. The van der Waals surface area contributed by atoms with Crippen LogP contribution in [0.3, 0.4) is 0 Å². The Hall–Kier alpha value is -4.88. The number of benzene rings is 6. The van der Waals surface area contributed by atoms with Crippen LogP contribution in [0, 0.1) is 0 Å². The van der Waals surface area contributed by atoms with Crippen LogP contribution in [-0.2, 0) is 63.0 Å². The molecule has 6 aromatic carbocycles. The molecule has 1 heterocycles. The fourth-order valence-electron chi connectivity index (χ4n) is 7.07. The molecule has 7 rings (SSSR count). The van der Waals surface area contributed by atoms with E-state index in [4.69, 9.17) is 23.7 Å². The van der Waals surface area contributed by atoms with E-state index in [1.54, 1.807) is 0 Å². The number of ether oxygens (including phenoxy) is 5. The van der Waals surface area contributed by atoms with Crippen LogP contribution in [0.5, 0.6) is 0 Å². The van der Waals surface area contributed by atoms with Crippen LogP contribution in [0.2, 0.25) is 0 Å². The molecule has 1 saturated heterocycles. The Labute approximate surface area is 320 Å². The zero-order valence-corrected chi connectivity index (χ0v) is 31.0. The van der Waals surface area contributed by atoms with E-state index in [-0.39, 0.29) is 0 Å². The zero-order valence-electron chi connectivity index (χ0n) is 31.0. The van der Waals surface area contributed by atoms with Gasteiger partial charge in [0.2, 0.25) is 0 Å². The highest BCUT2D eigenvalue weighted by atomic mass is 16.6. The van der Waals surface area contributed by atoms with Crippen molar-refractivity contribution in [3.8, 4) is 0 Å². The van der Waals surface area contributed by atoms with Gasteiger partial charge in [0.25, 0.3) is 0 Å². The van der Waals surface area contributed by atoms with Gasteiger partial charge in [-0.2, -0.15) is 0 Å². The van der Waals surface area contributed by atoms with Gasteiger partial charge in [-0.1, -0.05) is 177 Å². The molecule has 54 heavy (non-hydrogen) atoms. The van der Waals surface area contributed by atoms with E-state index in [0.29, 0.717) is 33.0 Å². The predicted octanol–water partition coefficient (Wildman–Crippen LogP) is 10.3. The summed E-state index contributed by atoms with van der Waals surface area (Å²) in [6.45, 7) is 4.18. The van der Waals surface area contributed by atoms with Crippen molar-refractivity contribution in [2.24, 2.45) is 0 Å². The maximum atomic E-state index is 7.18. The lowest BCUT2D eigenvalue weighted by molar-refractivity contribution is -0.275. The zero-order chi connectivity index (χ0) is 36.8. The quantitative estimate of drug-likeness (QED) is 0.0940. The maximum absolute atomic E-state index is 7.18. The molecule has 5 atom stereocenters. The topological polar surface area (TPSA) is 46.2 Å². The molecule has 0 spiro atoms. The van der Waals surface area contributed by atoms with Crippen molar-refractivity contribution >= 4 is 0 Å². The molecule has 5 heteroatoms. The molecule has 1 fully saturated rings. The van der Waals surface area contributed by atoms with E-state index in [0.717, 1.165) is 40.7 Å². The largest absolute Gasteiger partial charge is 0.374 e. The third-order valence-corrected chi connectivity index (χ3v) is 10.0. The van der Waals surface area contributed by atoms with Crippen molar-refractivity contribution < 1.29 is 23.7 Å². The normalized spacial score (nSPS) is 19.8. The molecule has 0 aliphatic carbocycles. The number of hydrogen-bond donors (Lipinski definition) is 0. The molecule has 0 bridgehead atoms. The molecule has 1 aliphatic heterocycles. The lowest BCUT2D eigenvalue weighted by atomic mass is 9.89. The van der Waals surface area contributed by atoms with Crippen molar-refractivity contribution in [1.82, 2.24) is 0 Å². The van der Waals surface area contributed by atoms with Gasteiger partial charge in [-0.25, -0.2) is 0 Å². The van der Waals surface area contributed by atoms with E-state index >= 15 is 0 Å². The molecule has 6 aromatic rings. The van der Waals surface area contributed by atoms with Gasteiger partial charge in [-0.15, -0.1) is 0 Å². The van der Waals surface area contributed by atoms with E-state index in [9.17, 15) is 0 Å². The molecule has 5 nitrogen and oxygen atoms in total. The lowest BCUT2D eigenvalue weighted by Gasteiger charge is -2.46. The van der Waals surface area contributed by atoms with Crippen LogP contribution in [-0.4, -0.2) is 31.0 Å². The Kier molecular flexibility index (Phi) is 13.5. The second-order valence-corrected chi connectivity index (χ2v) is 14.0. The van der Waals surface area contributed by atoms with Crippen molar-refractivity contribution in [3.63, 3.8) is 0 Å². The van der Waals surface area contributed by atoms with Gasteiger partial charge in [0.05, 0.1) is 33.0 Å². The van der Waals surface area contributed by atoms with E-state index < -0.39 is 30.5 Å². The number of aryl methyl sites for hydroxylation is 1. The van der Waals surface area contributed by atoms with Crippen LogP contribution in [0.25, 0.3) is 0 Å². The van der Waals surface area contributed by atoms with Crippen molar-refractivity contribution in [1.29, 1.82) is 0 Å². The smallest absolute Gasteiger partial charge is 0.117 e. The van der Waals surface area contributed by atoms with Gasteiger partial charge in [0.15, 0.2) is 0 Å². The fraction of sp³-hybridized carbons (Fsp3) is 0.265. The number of hydrogen-bond acceptors (Lipinski definition) is 5. The highest BCUT2D eigenvalue weighted by Gasteiger charge is 2.49. The van der Waals surface area contributed by atoms with Gasteiger partial charge in [0.1, 0.15) is 30.5 Å². The van der Waals surface area contributed by atoms with Crippen LogP contribution < -0.4 is 0 Å². The summed E-state index contributed by atoms with van der Waals surface area (Å²) in [5, 5.41) is 0. The summed E-state index contributed by atoms with van der Waals surface area (Å²) in [6, 6.07) is 58.7. The Morgan fingerprint density at radius 2 is 0.889 bits per heavy atom. The predicted molar refractivity (Wildman–Crippen MR) is 214 cm³/mol. The summed E-state index contributed by atoms with van der Waals surface area (Å²) in [6.07, 6.45) is -0.490. The minimum atomic E-state index is -0.487. The summed E-state index contributed by atoms with van der Waals surface area (Å²) in [7, 11) is 0. The van der Waals surface area contributed by atoms with Crippen LogP contribution in [0.4, 0.5) is 0 Å². The Bertz CT molecular complexity index is 1950. The summed E-state index contributed by atoms with van der Waals surface area (Å²) in [4.78, 5) is 0. The fourth-order valence-corrected chi connectivity index (χ4v) is 7.07. The Morgan fingerprint density at radius 1 is 0.426 bits per heavy atom. The molecule has 0 N–H and O–H groups in total. The molecule has 0 unspecified atom stereocenters. The molecular formula is C49H50O5. The standard InChI is InChI=1S/C49H50O5/c1-2-37-26-28-38(29-27-37)30-43-24-15-25-44(31-43)46-48(52-34-41-20-11-5-12-21-41)49(53-35-42-22-13-6-14-23-42)47(51-33-40-18-9-4-10-19-40)45(54-46)36-50-32-39-16-7-3-8-17-39/h3-29,31,45-49H,2,30,32-36H2,1H3/t45-,46+,47-,48+,49+/m1/s1. The summed E-state index contributed by atoms with van der Waals surface area (Å²) >= 11 is 0. The first kappa shape index (κ1) is 37.4. The molecule has 0 amide bonds. The third-order valence-electron chi connectivity index (χ3n) is 10.0. The second kappa shape index (κ2) is 19.4. The van der Waals surface area contributed by atoms with E-state index in [1.165, 1.54) is 16.7 Å². The molecule has 1 aliphatic rings. The SMILES string of the molecule is CCc1ccc(Cc2cccc([C@@H]3O[C@H](COCc4ccccc4)[C@@H](OCc4ccccc4)[C@H](OCc4ccccc4)[C@H]3OCc3ccccc3)c2)cc1. The average molecular weight is 719 g/mol. The van der Waals surface area contributed by atoms with Crippen molar-refractivity contribution in [2.45, 2.75) is 76.7 Å². The second-order valence-electron chi connectivity index (χ2n) is 14.0. The van der Waals surface area contributed by atoms with Crippen LogP contribution >= 0.6 is 0 Å². The highest BCUT2D eigenvalue weighted by Crippen LogP contribution is 2.39. The maximum Gasteiger partial charge on any atom is 0.117 e. The Morgan fingerprint density at radius 3 is 1.43 bits per heavy atom. The summed E-state index contributed by atoms with van der Waals surface area (Å²) in [5.41, 5.74) is 9.21. The highest BCUT2D eigenvalue weighted by molar-refractivity contribution is 5.33. The first-order chi connectivity index (χ1) is 26.7. The average Bonchev–Trinajstić information content (AvgIpc) is 3.23. The first-order valence-corrected chi connectivity index (χ1v) is 19.1. The van der Waals surface area contributed by atoms with Gasteiger partial charge >= 0.3 is 0 Å². The van der Waals surface area contributed by atoms with E-state index in [1.807, 2.05) is 72.8 Å².